The fraction of sp³-hybridized carbons (Fsp3) is 0.400. The van der Waals surface area contributed by atoms with Gasteiger partial charge in [-0.2, -0.15) is 0 Å². The SMILES string of the molecule is CC(C)CNNc1ccccc1. The molecule has 1 aromatic carbocycles. The Kier molecular flexibility index (Phi) is 3.61. The Morgan fingerprint density at radius 3 is 2.42 bits per heavy atom. The van der Waals surface area contributed by atoms with Gasteiger partial charge in [0.05, 0.1) is 0 Å². The van der Waals surface area contributed by atoms with E-state index < -0.39 is 0 Å². The molecular weight excluding hydrogens is 148 g/mol. The number of anilines is 1. The summed E-state index contributed by atoms with van der Waals surface area (Å²) >= 11 is 0. The van der Waals surface area contributed by atoms with Gasteiger partial charge in [0.25, 0.3) is 0 Å². The van der Waals surface area contributed by atoms with Crippen molar-refractivity contribution in [3.05, 3.63) is 30.3 Å². The zero-order chi connectivity index (χ0) is 8.81. The van der Waals surface area contributed by atoms with Gasteiger partial charge in [-0.15, -0.1) is 0 Å². The number of benzene rings is 1. The van der Waals surface area contributed by atoms with Crippen LogP contribution in [0.5, 0.6) is 0 Å². The Hall–Kier alpha value is -1.02. The van der Waals surface area contributed by atoms with Crippen molar-refractivity contribution in [2.75, 3.05) is 12.0 Å². The quantitative estimate of drug-likeness (QED) is 0.667. The molecule has 0 fully saturated rings. The number of para-hydroxylation sites is 1. The number of hydrazine groups is 1. The molecule has 0 saturated heterocycles. The van der Waals surface area contributed by atoms with Gasteiger partial charge in [-0.05, 0) is 18.1 Å². The van der Waals surface area contributed by atoms with Crippen molar-refractivity contribution in [2.45, 2.75) is 13.8 Å². The smallest absolute Gasteiger partial charge is 0.0487 e. The maximum absolute atomic E-state index is 3.15. The molecule has 1 rings (SSSR count). The third-order valence-corrected chi connectivity index (χ3v) is 1.52. The second kappa shape index (κ2) is 4.78. The van der Waals surface area contributed by atoms with E-state index >= 15 is 0 Å². The predicted molar refractivity (Wildman–Crippen MR) is 52.9 cm³/mol. The average molecular weight is 164 g/mol. The Bertz CT molecular complexity index is 206. The lowest BCUT2D eigenvalue weighted by atomic mass is 10.2. The topological polar surface area (TPSA) is 24.1 Å². The van der Waals surface area contributed by atoms with Gasteiger partial charge in [0, 0.05) is 12.2 Å². The van der Waals surface area contributed by atoms with Crippen LogP contribution in [0.1, 0.15) is 13.8 Å². The minimum absolute atomic E-state index is 0.668. The number of hydrogen-bond acceptors (Lipinski definition) is 2. The highest BCUT2D eigenvalue weighted by atomic mass is 15.3. The van der Waals surface area contributed by atoms with Crippen LogP contribution in [0.25, 0.3) is 0 Å². The molecule has 0 saturated carbocycles. The van der Waals surface area contributed by atoms with Gasteiger partial charge in [-0.25, -0.2) is 5.43 Å². The molecule has 0 heterocycles. The highest BCUT2D eigenvalue weighted by molar-refractivity contribution is 5.41. The Morgan fingerprint density at radius 1 is 1.17 bits per heavy atom. The second-order valence-corrected chi connectivity index (χ2v) is 3.27. The molecule has 0 amide bonds. The van der Waals surface area contributed by atoms with Crippen molar-refractivity contribution in [1.82, 2.24) is 5.43 Å². The molecule has 0 aliphatic heterocycles. The van der Waals surface area contributed by atoms with Crippen molar-refractivity contribution in [1.29, 1.82) is 0 Å². The van der Waals surface area contributed by atoms with E-state index in [9.17, 15) is 0 Å². The van der Waals surface area contributed by atoms with Crippen molar-refractivity contribution in [3.63, 3.8) is 0 Å². The maximum atomic E-state index is 3.15. The van der Waals surface area contributed by atoms with E-state index in [-0.39, 0.29) is 0 Å². The van der Waals surface area contributed by atoms with Crippen LogP contribution < -0.4 is 10.9 Å². The summed E-state index contributed by atoms with van der Waals surface area (Å²) in [4.78, 5) is 0. The molecule has 1 aromatic rings. The largest absolute Gasteiger partial charge is 0.322 e. The molecule has 2 heteroatoms. The summed E-state index contributed by atoms with van der Waals surface area (Å²) < 4.78 is 0. The third kappa shape index (κ3) is 3.39. The lowest BCUT2D eigenvalue weighted by Gasteiger charge is -2.09. The standard InChI is InChI=1S/C10H16N2/c1-9(2)8-11-12-10-6-4-3-5-7-10/h3-7,9,11-12H,8H2,1-2H3. The Balaban J connectivity index is 2.25. The average Bonchev–Trinajstić information content (AvgIpc) is 2.05. The lowest BCUT2D eigenvalue weighted by Crippen LogP contribution is -2.25. The van der Waals surface area contributed by atoms with E-state index in [1.165, 1.54) is 0 Å². The highest BCUT2D eigenvalue weighted by Crippen LogP contribution is 2.02. The van der Waals surface area contributed by atoms with E-state index in [0.717, 1.165) is 12.2 Å². The van der Waals surface area contributed by atoms with Crippen molar-refractivity contribution in [2.24, 2.45) is 5.92 Å². The molecular formula is C10H16N2. The summed E-state index contributed by atoms with van der Waals surface area (Å²) in [5.41, 5.74) is 7.39. The first-order valence-corrected chi connectivity index (χ1v) is 4.33. The zero-order valence-electron chi connectivity index (χ0n) is 7.67. The van der Waals surface area contributed by atoms with Crippen molar-refractivity contribution < 1.29 is 0 Å². The van der Waals surface area contributed by atoms with Crippen molar-refractivity contribution >= 4 is 5.69 Å². The number of rotatable bonds is 4. The minimum Gasteiger partial charge on any atom is -0.322 e. The normalized spacial score (nSPS) is 10.2. The summed E-state index contributed by atoms with van der Waals surface area (Å²) in [7, 11) is 0. The monoisotopic (exact) mass is 164 g/mol. The van der Waals surface area contributed by atoms with Gasteiger partial charge in [-0.1, -0.05) is 32.0 Å². The van der Waals surface area contributed by atoms with Crippen LogP contribution in [0.4, 0.5) is 5.69 Å². The minimum atomic E-state index is 0.668. The first-order valence-electron chi connectivity index (χ1n) is 4.33. The van der Waals surface area contributed by atoms with Crippen LogP contribution in [0.3, 0.4) is 0 Å². The van der Waals surface area contributed by atoms with Gasteiger partial charge in [0.15, 0.2) is 0 Å². The zero-order valence-corrected chi connectivity index (χ0v) is 7.67. The summed E-state index contributed by atoms with van der Waals surface area (Å²) in [6, 6.07) is 10.1. The summed E-state index contributed by atoms with van der Waals surface area (Å²) in [6.45, 7) is 5.34. The van der Waals surface area contributed by atoms with Crippen LogP contribution in [0, 0.1) is 5.92 Å². The van der Waals surface area contributed by atoms with Gasteiger partial charge < -0.3 is 5.43 Å². The van der Waals surface area contributed by atoms with Crippen LogP contribution >= 0.6 is 0 Å². The molecule has 0 aliphatic carbocycles. The molecule has 0 unspecified atom stereocenters. The fourth-order valence-corrected chi connectivity index (χ4v) is 0.879. The molecule has 2 nitrogen and oxygen atoms in total. The summed E-state index contributed by atoms with van der Waals surface area (Å²) in [5, 5.41) is 0. The highest BCUT2D eigenvalue weighted by Gasteiger charge is 1.91. The molecule has 0 spiro atoms. The molecule has 0 atom stereocenters. The van der Waals surface area contributed by atoms with Crippen LogP contribution in [-0.2, 0) is 0 Å². The van der Waals surface area contributed by atoms with Crippen LogP contribution in [0.2, 0.25) is 0 Å². The lowest BCUT2D eigenvalue weighted by molar-refractivity contribution is 0.591. The molecule has 12 heavy (non-hydrogen) atoms. The van der Waals surface area contributed by atoms with Crippen LogP contribution in [-0.4, -0.2) is 6.54 Å². The van der Waals surface area contributed by atoms with E-state index in [0.29, 0.717) is 5.92 Å². The number of nitrogens with one attached hydrogen (secondary N) is 2. The number of hydrogen-bond donors (Lipinski definition) is 2. The molecule has 66 valence electrons. The first kappa shape index (κ1) is 9.07. The van der Waals surface area contributed by atoms with E-state index in [1.54, 1.807) is 0 Å². The van der Waals surface area contributed by atoms with Crippen molar-refractivity contribution in [3.8, 4) is 0 Å². The van der Waals surface area contributed by atoms with Crippen LogP contribution in [0.15, 0.2) is 30.3 Å². The van der Waals surface area contributed by atoms with Gasteiger partial charge in [0.1, 0.15) is 0 Å². The summed E-state index contributed by atoms with van der Waals surface area (Å²) in [5.74, 6) is 0.668. The fourth-order valence-electron chi connectivity index (χ4n) is 0.879. The van der Waals surface area contributed by atoms with Gasteiger partial charge in [-0.3, -0.25) is 0 Å². The Morgan fingerprint density at radius 2 is 1.83 bits per heavy atom. The van der Waals surface area contributed by atoms with Gasteiger partial charge >= 0.3 is 0 Å². The Labute approximate surface area is 74.0 Å². The van der Waals surface area contributed by atoms with Gasteiger partial charge in [0.2, 0.25) is 0 Å². The molecule has 0 bridgehead atoms. The molecule has 0 aliphatic rings. The third-order valence-electron chi connectivity index (χ3n) is 1.52. The predicted octanol–water partition coefficient (Wildman–Crippen LogP) is 2.26. The molecule has 0 aromatic heterocycles. The summed E-state index contributed by atoms with van der Waals surface area (Å²) in [6.07, 6.45) is 0. The first-order chi connectivity index (χ1) is 5.79. The van der Waals surface area contributed by atoms with E-state index in [4.69, 9.17) is 0 Å². The van der Waals surface area contributed by atoms with E-state index in [1.807, 2.05) is 30.3 Å². The van der Waals surface area contributed by atoms with E-state index in [2.05, 4.69) is 24.7 Å². The second-order valence-electron chi connectivity index (χ2n) is 3.27. The molecule has 0 radical (unpaired) electrons. The maximum Gasteiger partial charge on any atom is 0.0487 e. The molecule has 2 N–H and O–H groups in total.